The molecule has 0 spiro atoms. The van der Waals surface area contributed by atoms with Crippen LogP contribution in [0.1, 0.15) is 0 Å². The summed E-state index contributed by atoms with van der Waals surface area (Å²) in [7, 11) is 0. The van der Waals surface area contributed by atoms with E-state index in [4.69, 9.17) is 19.4 Å². The molecule has 10 rings (SSSR count). The van der Waals surface area contributed by atoms with Crippen molar-refractivity contribution in [2.75, 3.05) is 0 Å². The van der Waals surface area contributed by atoms with Gasteiger partial charge in [0.05, 0.1) is 11.0 Å². The van der Waals surface area contributed by atoms with Gasteiger partial charge in [0.25, 0.3) is 0 Å². The lowest BCUT2D eigenvalue weighted by Gasteiger charge is -2.12. The number of benzene rings is 6. The minimum atomic E-state index is 0.560. The number of rotatable bonds is 3. The van der Waals surface area contributed by atoms with Gasteiger partial charge >= 0.3 is 0 Å². The summed E-state index contributed by atoms with van der Waals surface area (Å²) in [6, 6.07) is 44.1. The van der Waals surface area contributed by atoms with Crippen LogP contribution in [0.2, 0.25) is 0 Å². The topological polar surface area (TPSA) is 69.6 Å². The number of aromatic nitrogens is 5. The lowest BCUT2D eigenvalue weighted by Crippen LogP contribution is -2.06. The molecule has 4 aromatic heterocycles. The van der Waals surface area contributed by atoms with Crippen molar-refractivity contribution in [1.82, 2.24) is 24.5 Å². The summed E-state index contributed by atoms with van der Waals surface area (Å²) in [5.41, 5.74) is 5.40. The molecule has 6 heteroatoms. The van der Waals surface area contributed by atoms with Crippen molar-refractivity contribution in [2.45, 2.75) is 0 Å². The molecule has 214 valence electrons. The predicted octanol–water partition coefficient (Wildman–Crippen LogP) is 9.90. The van der Waals surface area contributed by atoms with Crippen LogP contribution in [0.25, 0.3) is 94.0 Å². The summed E-state index contributed by atoms with van der Waals surface area (Å²) in [6.07, 6.45) is 3.58. The summed E-state index contributed by atoms with van der Waals surface area (Å²) in [4.78, 5) is 19.6. The largest absolute Gasteiger partial charge is 0.456 e. The third-order valence-corrected chi connectivity index (χ3v) is 8.94. The number of hydrogen-bond donors (Lipinski definition) is 0. The van der Waals surface area contributed by atoms with E-state index in [-0.39, 0.29) is 0 Å². The normalized spacial score (nSPS) is 11.9. The number of nitrogens with zero attached hydrogens (tertiary/aromatic N) is 5. The van der Waals surface area contributed by atoms with E-state index in [2.05, 4.69) is 119 Å². The van der Waals surface area contributed by atoms with Gasteiger partial charge in [0.15, 0.2) is 11.6 Å². The second-order valence-electron chi connectivity index (χ2n) is 11.6. The summed E-state index contributed by atoms with van der Waals surface area (Å²) in [5, 5.41) is 9.06. The van der Waals surface area contributed by atoms with Gasteiger partial charge in [0.2, 0.25) is 5.95 Å². The van der Waals surface area contributed by atoms with Gasteiger partial charge in [-0.15, -0.1) is 0 Å². The van der Waals surface area contributed by atoms with Gasteiger partial charge < -0.3 is 4.42 Å². The van der Waals surface area contributed by atoms with E-state index in [9.17, 15) is 0 Å². The maximum Gasteiger partial charge on any atom is 0.238 e. The van der Waals surface area contributed by atoms with Gasteiger partial charge in [0, 0.05) is 45.1 Å². The van der Waals surface area contributed by atoms with Gasteiger partial charge in [-0.05, 0) is 57.9 Å². The molecule has 0 saturated heterocycles. The fraction of sp³-hybridized carbons (Fsp3) is 0. The van der Waals surface area contributed by atoms with Crippen LogP contribution in [0, 0.1) is 0 Å². The lowest BCUT2D eigenvalue weighted by molar-refractivity contribution is 0.668. The zero-order valence-electron chi connectivity index (χ0n) is 24.4. The first kappa shape index (κ1) is 25.0. The van der Waals surface area contributed by atoms with Crippen molar-refractivity contribution < 1.29 is 4.42 Å². The molecule has 0 amide bonds. The molecule has 0 aliphatic carbocycles. The fourth-order valence-corrected chi connectivity index (χ4v) is 6.77. The Morgan fingerprint density at radius 3 is 1.87 bits per heavy atom. The molecule has 0 bridgehead atoms. The average Bonchev–Trinajstić information content (AvgIpc) is 3.66. The molecule has 0 saturated carbocycles. The van der Waals surface area contributed by atoms with E-state index in [1.54, 1.807) is 6.20 Å². The molecule has 0 unspecified atom stereocenters. The van der Waals surface area contributed by atoms with Crippen molar-refractivity contribution >= 4 is 65.3 Å². The molecule has 0 N–H and O–H groups in total. The van der Waals surface area contributed by atoms with Gasteiger partial charge in [0.1, 0.15) is 11.2 Å². The van der Waals surface area contributed by atoms with Crippen molar-refractivity contribution in [3.8, 4) is 28.7 Å². The highest BCUT2D eigenvalue weighted by molar-refractivity contribution is 6.10. The molecule has 10 aromatic rings. The quantitative estimate of drug-likeness (QED) is 0.192. The molecule has 46 heavy (non-hydrogen) atoms. The van der Waals surface area contributed by atoms with Gasteiger partial charge in [-0.1, -0.05) is 91.0 Å². The molecule has 0 atom stereocenters. The van der Waals surface area contributed by atoms with Crippen molar-refractivity contribution in [1.29, 1.82) is 0 Å². The van der Waals surface area contributed by atoms with E-state index in [0.29, 0.717) is 17.6 Å². The maximum atomic E-state index is 6.21. The monoisotopic (exact) mass is 589 g/mol. The van der Waals surface area contributed by atoms with E-state index in [0.717, 1.165) is 60.3 Å². The lowest BCUT2D eigenvalue weighted by atomic mass is 10.00. The molecule has 4 heterocycles. The Morgan fingerprint density at radius 1 is 0.457 bits per heavy atom. The van der Waals surface area contributed by atoms with Crippen LogP contribution in [0.15, 0.2) is 144 Å². The highest BCUT2D eigenvalue weighted by Gasteiger charge is 2.18. The summed E-state index contributed by atoms with van der Waals surface area (Å²) >= 11 is 0. The van der Waals surface area contributed by atoms with E-state index in [1.807, 2.05) is 24.4 Å². The van der Waals surface area contributed by atoms with Crippen LogP contribution in [0.4, 0.5) is 0 Å². The third kappa shape index (κ3) is 3.70. The van der Waals surface area contributed by atoms with Crippen LogP contribution >= 0.6 is 0 Å². The highest BCUT2D eigenvalue weighted by Crippen LogP contribution is 2.35. The van der Waals surface area contributed by atoms with Crippen LogP contribution < -0.4 is 0 Å². The zero-order valence-corrected chi connectivity index (χ0v) is 24.4. The Kier molecular flexibility index (Phi) is 5.19. The predicted molar refractivity (Wildman–Crippen MR) is 185 cm³/mol. The van der Waals surface area contributed by atoms with Crippen molar-refractivity contribution in [2.24, 2.45) is 0 Å². The summed E-state index contributed by atoms with van der Waals surface area (Å²) in [5.74, 6) is 1.73. The summed E-state index contributed by atoms with van der Waals surface area (Å²) < 4.78 is 8.35. The average molecular weight is 590 g/mol. The minimum absolute atomic E-state index is 0.560. The van der Waals surface area contributed by atoms with Crippen molar-refractivity contribution in [3.05, 3.63) is 140 Å². The fourth-order valence-electron chi connectivity index (χ4n) is 6.77. The second-order valence-corrected chi connectivity index (χ2v) is 11.6. The number of pyridine rings is 1. The minimum Gasteiger partial charge on any atom is -0.456 e. The van der Waals surface area contributed by atoms with Gasteiger partial charge in [-0.2, -0.15) is 9.97 Å². The first-order valence-electron chi connectivity index (χ1n) is 15.2. The maximum absolute atomic E-state index is 6.21. The van der Waals surface area contributed by atoms with E-state index in [1.165, 1.54) is 16.2 Å². The molecule has 0 fully saturated rings. The Bertz CT molecular complexity index is 2780. The summed E-state index contributed by atoms with van der Waals surface area (Å²) in [6.45, 7) is 0. The SMILES string of the molecule is c1ccc2c(c1)ccc1cc(-c3nc(-c4ccc5c(c4)oc4ccncc45)nc(-n4c5ccccc5c5ccccc54)n3)ccc12. The molecule has 0 radical (unpaired) electrons. The molecule has 6 aromatic carbocycles. The van der Waals surface area contributed by atoms with Crippen LogP contribution in [-0.2, 0) is 0 Å². The first-order chi connectivity index (χ1) is 22.8. The van der Waals surface area contributed by atoms with Crippen molar-refractivity contribution in [3.63, 3.8) is 0 Å². The zero-order chi connectivity index (χ0) is 30.2. The molecular formula is C40H23N5O. The number of fused-ring (bicyclic) bond motifs is 9. The number of para-hydroxylation sites is 2. The smallest absolute Gasteiger partial charge is 0.238 e. The van der Waals surface area contributed by atoms with E-state index >= 15 is 0 Å². The van der Waals surface area contributed by atoms with Crippen LogP contribution in [0.3, 0.4) is 0 Å². The molecule has 6 nitrogen and oxygen atoms in total. The van der Waals surface area contributed by atoms with Gasteiger partial charge in [-0.3, -0.25) is 9.55 Å². The molecule has 0 aliphatic heterocycles. The Morgan fingerprint density at radius 2 is 1.09 bits per heavy atom. The first-order valence-corrected chi connectivity index (χ1v) is 15.2. The third-order valence-electron chi connectivity index (χ3n) is 8.94. The van der Waals surface area contributed by atoms with Crippen LogP contribution in [0.5, 0.6) is 0 Å². The number of hydrogen-bond acceptors (Lipinski definition) is 5. The van der Waals surface area contributed by atoms with Crippen LogP contribution in [-0.4, -0.2) is 24.5 Å². The second kappa shape index (κ2) is 9.55. The highest BCUT2D eigenvalue weighted by atomic mass is 16.3. The van der Waals surface area contributed by atoms with E-state index < -0.39 is 0 Å². The molecule has 0 aliphatic rings. The standard InChI is InChI=1S/C40H23N5O/c1-2-8-28-24(7-1)13-14-25-21-26(15-17-29(25)28)38-42-39(27-16-18-32-33-23-41-20-19-36(33)46-37(32)22-27)44-40(43-38)45-34-11-5-3-9-30(34)31-10-4-6-12-35(31)45/h1-23H. The number of furan rings is 1. The molecular weight excluding hydrogens is 566 g/mol. The Hall–Kier alpha value is -6.40. The van der Waals surface area contributed by atoms with Gasteiger partial charge in [-0.25, -0.2) is 4.98 Å². The Labute approximate surface area is 262 Å². The Balaban J connectivity index is 1.24.